The molecule has 7 heteroatoms. The molecule has 0 radical (unpaired) electrons. The van der Waals surface area contributed by atoms with E-state index in [0.29, 0.717) is 6.61 Å². The standard InChI is InChI=1S/C11H13NO6/c1-16-3-4-18-10-6-8(11(13)17-2)5-9(7-10)12(14)15/h5-7H,3-4H2,1-2H3. The summed E-state index contributed by atoms with van der Waals surface area (Å²) in [7, 11) is 2.71. The smallest absolute Gasteiger partial charge is 0.338 e. The second-order valence-corrected chi connectivity index (χ2v) is 3.31. The van der Waals surface area contributed by atoms with E-state index in [-0.39, 0.29) is 23.6 Å². The molecule has 1 rings (SSSR count). The van der Waals surface area contributed by atoms with Crippen LogP contribution >= 0.6 is 0 Å². The second kappa shape index (κ2) is 6.55. The lowest BCUT2D eigenvalue weighted by molar-refractivity contribution is -0.385. The molecule has 0 aromatic heterocycles. The van der Waals surface area contributed by atoms with Crippen LogP contribution in [0.1, 0.15) is 10.4 Å². The number of nitrogens with zero attached hydrogens (tertiary/aromatic N) is 1. The maximum atomic E-state index is 11.3. The topological polar surface area (TPSA) is 87.9 Å². The molecule has 98 valence electrons. The Kier molecular flexibility index (Phi) is 5.06. The van der Waals surface area contributed by atoms with Crippen molar-refractivity contribution in [2.75, 3.05) is 27.4 Å². The Hall–Kier alpha value is -2.15. The van der Waals surface area contributed by atoms with Gasteiger partial charge in [-0.2, -0.15) is 0 Å². The van der Waals surface area contributed by atoms with Crippen molar-refractivity contribution in [3.8, 4) is 5.75 Å². The number of ether oxygens (including phenoxy) is 3. The predicted molar refractivity (Wildman–Crippen MR) is 61.8 cm³/mol. The number of nitro groups is 1. The van der Waals surface area contributed by atoms with E-state index in [1.54, 1.807) is 0 Å². The molecule has 0 unspecified atom stereocenters. The quantitative estimate of drug-likeness (QED) is 0.330. The molecule has 0 amide bonds. The highest BCUT2D eigenvalue weighted by molar-refractivity contribution is 5.90. The van der Waals surface area contributed by atoms with Gasteiger partial charge in [-0.15, -0.1) is 0 Å². The third-order valence-electron chi connectivity index (χ3n) is 2.08. The second-order valence-electron chi connectivity index (χ2n) is 3.31. The van der Waals surface area contributed by atoms with Crippen molar-refractivity contribution >= 4 is 11.7 Å². The largest absolute Gasteiger partial charge is 0.491 e. The molecule has 0 heterocycles. The molecular formula is C11H13NO6. The maximum absolute atomic E-state index is 11.3. The first-order valence-electron chi connectivity index (χ1n) is 5.08. The third kappa shape index (κ3) is 3.70. The number of hydrogen-bond acceptors (Lipinski definition) is 6. The lowest BCUT2D eigenvalue weighted by atomic mass is 10.2. The summed E-state index contributed by atoms with van der Waals surface area (Å²) in [5, 5.41) is 10.7. The minimum absolute atomic E-state index is 0.0686. The molecule has 0 saturated carbocycles. The first-order chi connectivity index (χ1) is 8.58. The van der Waals surface area contributed by atoms with Gasteiger partial charge in [-0.3, -0.25) is 10.1 Å². The van der Waals surface area contributed by atoms with Gasteiger partial charge in [-0.25, -0.2) is 4.79 Å². The molecule has 1 aromatic rings. The van der Waals surface area contributed by atoms with Crippen LogP contribution < -0.4 is 4.74 Å². The van der Waals surface area contributed by atoms with Gasteiger partial charge in [-0.05, 0) is 6.07 Å². The number of nitro benzene ring substituents is 1. The molecule has 0 N–H and O–H groups in total. The minimum atomic E-state index is -0.657. The number of benzene rings is 1. The van der Waals surface area contributed by atoms with Crippen molar-refractivity contribution in [3.63, 3.8) is 0 Å². The number of rotatable bonds is 6. The monoisotopic (exact) mass is 255 g/mol. The molecule has 18 heavy (non-hydrogen) atoms. The average molecular weight is 255 g/mol. The number of esters is 1. The lowest BCUT2D eigenvalue weighted by Gasteiger charge is -2.07. The molecule has 0 saturated heterocycles. The summed E-state index contributed by atoms with van der Waals surface area (Å²) in [6, 6.07) is 3.76. The molecule has 7 nitrogen and oxygen atoms in total. The van der Waals surface area contributed by atoms with E-state index in [1.807, 2.05) is 0 Å². The van der Waals surface area contributed by atoms with E-state index in [0.717, 1.165) is 6.07 Å². The van der Waals surface area contributed by atoms with Gasteiger partial charge >= 0.3 is 5.97 Å². The molecule has 0 atom stereocenters. The summed E-state index contributed by atoms with van der Waals surface area (Å²) < 4.78 is 14.5. The van der Waals surface area contributed by atoms with Crippen molar-refractivity contribution in [1.82, 2.24) is 0 Å². The summed E-state index contributed by atoms with van der Waals surface area (Å²) in [6.45, 7) is 0.578. The van der Waals surface area contributed by atoms with Crippen LogP contribution in [0.4, 0.5) is 5.69 Å². The first kappa shape index (κ1) is 13.9. The fraction of sp³-hybridized carbons (Fsp3) is 0.364. The summed E-state index contributed by atoms with van der Waals surface area (Å²) in [6.07, 6.45) is 0. The van der Waals surface area contributed by atoms with Gasteiger partial charge in [0.15, 0.2) is 0 Å². The summed E-state index contributed by atoms with van der Waals surface area (Å²) in [5.41, 5.74) is -0.163. The van der Waals surface area contributed by atoms with Crippen molar-refractivity contribution < 1.29 is 23.9 Å². The Morgan fingerprint density at radius 1 is 1.28 bits per heavy atom. The Morgan fingerprint density at radius 3 is 2.56 bits per heavy atom. The molecule has 0 aliphatic carbocycles. The van der Waals surface area contributed by atoms with Crippen LogP contribution in [-0.4, -0.2) is 38.3 Å². The number of carbonyl (C=O) groups excluding carboxylic acids is 1. The van der Waals surface area contributed by atoms with E-state index < -0.39 is 10.9 Å². The van der Waals surface area contributed by atoms with E-state index in [4.69, 9.17) is 9.47 Å². The molecule has 1 aromatic carbocycles. The summed E-state index contributed by atoms with van der Waals surface area (Å²) in [5.74, 6) is -0.433. The zero-order valence-corrected chi connectivity index (χ0v) is 10.0. The van der Waals surface area contributed by atoms with Crippen LogP contribution in [-0.2, 0) is 9.47 Å². The van der Waals surface area contributed by atoms with Gasteiger partial charge in [-0.1, -0.05) is 0 Å². The lowest BCUT2D eigenvalue weighted by Crippen LogP contribution is -2.07. The number of non-ortho nitro benzene ring substituents is 1. The molecule has 0 bridgehead atoms. The van der Waals surface area contributed by atoms with Crippen LogP contribution in [0.25, 0.3) is 0 Å². The Labute approximate surface area is 103 Å². The number of carbonyl (C=O) groups is 1. The van der Waals surface area contributed by atoms with Crippen LogP contribution in [0.2, 0.25) is 0 Å². The summed E-state index contributed by atoms with van der Waals surface area (Å²) >= 11 is 0. The highest BCUT2D eigenvalue weighted by atomic mass is 16.6. The first-order valence-corrected chi connectivity index (χ1v) is 5.08. The normalized spacial score (nSPS) is 9.89. The van der Waals surface area contributed by atoms with E-state index in [1.165, 1.54) is 26.4 Å². The van der Waals surface area contributed by atoms with Crippen molar-refractivity contribution in [2.45, 2.75) is 0 Å². The Morgan fingerprint density at radius 2 is 2.00 bits per heavy atom. The molecule has 0 fully saturated rings. The van der Waals surface area contributed by atoms with Crippen LogP contribution in [0, 0.1) is 10.1 Å². The van der Waals surface area contributed by atoms with Crippen molar-refractivity contribution in [2.24, 2.45) is 0 Å². The summed E-state index contributed by atoms with van der Waals surface area (Å²) in [4.78, 5) is 21.5. The predicted octanol–water partition coefficient (Wildman–Crippen LogP) is 1.41. The minimum Gasteiger partial charge on any atom is -0.491 e. The Balaban J connectivity index is 2.98. The third-order valence-corrected chi connectivity index (χ3v) is 2.08. The van der Waals surface area contributed by atoms with Crippen molar-refractivity contribution in [3.05, 3.63) is 33.9 Å². The molecule has 0 aliphatic rings. The van der Waals surface area contributed by atoms with Gasteiger partial charge in [0.25, 0.3) is 5.69 Å². The van der Waals surface area contributed by atoms with E-state index in [9.17, 15) is 14.9 Å². The van der Waals surface area contributed by atoms with E-state index in [2.05, 4.69) is 4.74 Å². The fourth-order valence-electron chi connectivity index (χ4n) is 1.25. The van der Waals surface area contributed by atoms with Crippen molar-refractivity contribution in [1.29, 1.82) is 0 Å². The fourth-order valence-corrected chi connectivity index (χ4v) is 1.25. The van der Waals surface area contributed by atoms with Crippen LogP contribution in [0.5, 0.6) is 5.75 Å². The van der Waals surface area contributed by atoms with Crippen LogP contribution in [0.3, 0.4) is 0 Å². The van der Waals surface area contributed by atoms with Gasteiger partial charge < -0.3 is 14.2 Å². The van der Waals surface area contributed by atoms with Gasteiger partial charge in [0.2, 0.25) is 0 Å². The number of hydrogen-bond donors (Lipinski definition) is 0. The average Bonchev–Trinajstić information content (AvgIpc) is 2.37. The molecule has 0 spiro atoms. The Bertz CT molecular complexity index is 445. The van der Waals surface area contributed by atoms with E-state index >= 15 is 0 Å². The van der Waals surface area contributed by atoms with Crippen LogP contribution in [0.15, 0.2) is 18.2 Å². The molecule has 0 aliphatic heterocycles. The number of methoxy groups -OCH3 is 2. The highest BCUT2D eigenvalue weighted by Crippen LogP contribution is 2.23. The molecular weight excluding hydrogens is 242 g/mol. The van der Waals surface area contributed by atoms with Gasteiger partial charge in [0.05, 0.1) is 30.3 Å². The highest BCUT2D eigenvalue weighted by Gasteiger charge is 2.15. The van der Waals surface area contributed by atoms with Gasteiger partial charge in [0, 0.05) is 13.2 Å². The zero-order chi connectivity index (χ0) is 13.5. The SMILES string of the molecule is COCCOc1cc(C(=O)OC)cc([N+](=O)[O-])c1. The zero-order valence-electron chi connectivity index (χ0n) is 10.0. The maximum Gasteiger partial charge on any atom is 0.338 e. The van der Waals surface area contributed by atoms with Gasteiger partial charge in [0.1, 0.15) is 12.4 Å².